The van der Waals surface area contributed by atoms with E-state index in [2.05, 4.69) is 15.8 Å². The summed E-state index contributed by atoms with van der Waals surface area (Å²) < 4.78 is 5.72. The lowest BCUT2D eigenvalue weighted by Gasteiger charge is -2.12. The second-order valence-electron chi connectivity index (χ2n) is 6.55. The van der Waals surface area contributed by atoms with E-state index in [1.807, 2.05) is 75.4 Å². The van der Waals surface area contributed by atoms with Gasteiger partial charge in [0.1, 0.15) is 5.75 Å². The summed E-state index contributed by atoms with van der Waals surface area (Å²) in [6.45, 7) is 6.68. The van der Waals surface area contributed by atoms with Crippen molar-refractivity contribution in [2.24, 2.45) is 5.10 Å². The van der Waals surface area contributed by atoms with Crippen molar-refractivity contribution in [1.82, 2.24) is 5.43 Å². The normalized spacial score (nSPS) is 11.0. The van der Waals surface area contributed by atoms with Gasteiger partial charge in [0.25, 0.3) is 5.91 Å². The lowest BCUT2D eigenvalue weighted by atomic mass is 10.0. The SMILES string of the molecule is CCOc1ccc2ccccc2c1C=NNC(=O)CNc1c(C)cccc1C. The lowest BCUT2D eigenvalue weighted by molar-refractivity contribution is -0.119. The Labute approximate surface area is 165 Å². The van der Waals surface area contributed by atoms with E-state index in [0.29, 0.717) is 6.61 Å². The third kappa shape index (κ3) is 4.49. The van der Waals surface area contributed by atoms with E-state index in [9.17, 15) is 4.79 Å². The number of para-hydroxylation sites is 1. The van der Waals surface area contributed by atoms with Crippen LogP contribution in [-0.2, 0) is 4.79 Å². The van der Waals surface area contributed by atoms with Gasteiger partial charge in [-0.1, -0.05) is 48.5 Å². The Balaban J connectivity index is 1.70. The van der Waals surface area contributed by atoms with Gasteiger partial charge in [0, 0.05) is 11.3 Å². The zero-order valence-corrected chi connectivity index (χ0v) is 16.5. The molecule has 5 heteroatoms. The van der Waals surface area contributed by atoms with Crippen LogP contribution in [0.4, 0.5) is 5.69 Å². The third-order valence-corrected chi connectivity index (χ3v) is 4.52. The minimum Gasteiger partial charge on any atom is -0.493 e. The first-order chi connectivity index (χ1) is 13.6. The summed E-state index contributed by atoms with van der Waals surface area (Å²) in [7, 11) is 0. The first-order valence-corrected chi connectivity index (χ1v) is 9.36. The highest BCUT2D eigenvalue weighted by atomic mass is 16.5. The number of anilines is 1. The third-order valence-electron chi connectivity index (χ3n) is 4.52. The number of carbonyl (C=O) groups excluding carboxylic acids is 1. The highest BCUT2D eigenvalue weighted by Gasteiger charge is 2.08. The number of rotatable bonds is 7. The van der Waals surface area contributed by atoms with Crippen LogP contribution in [0.15, 0.2) is 59.7 Å². The lowest BCUT2D eigenvalue weighted by Crippen LogP contribution is -2.26. The first-order valence-electron chi connectivity index (χ1n) is 9.36. The van der Waals surface area contributed by atoms with Crippen LogP contribution in [0.25, 0.3) is 10.8 Å². The van der Waals surface area contributed by atoms with E-state index in [-0.39, 0.29) is 12.5 Å². The molecule has 0 saturated carbocycles. The molecule has 0 saturated heterocycles. The summed E-state index contributed by atoms with van der Waals surface area (Å²) >= 11 is 0. The molecule has 0 aliphatic rings. The van der Waals surface area contributed by atoms with Crippen molar-refractivity contribution in [2.45, 2.75) is 20.8 Å². The van der Waals surface area contributed by atoms with Gasteiger partial charge < -0.3 is 10.1 Å². The predicted octanol–water partition coefficient (Wildman–Crippen LogP) is 4.42. The van der Waals surface area contributed by atoms with Crippen LogP contribution < -0.4 is 15.5 Å². The smallest absolute Gasteiger partial charge is 0.259 e. The van der Waals surface area contributed by atoms with Gasteiger partial charge in [-0.05, 0) is 48.7 Å². The average molecular weight is 375 g/mol. The largest absolute Gasteiger partial charge is 0.493 e. The van der Waals surface area contributed by atoms with Crippen molar-refractivity contribution in [2.75, 3.05) is 18.5 Å². The van der Waals surface area contributed by atoms with Crippen molar-refractivity contribution in [3.8, 4) is 5.75 Å². The molecule has 0 aliphatic heterocycles. The molecule has 0 heterocycles. The molecule has 0 spiro atoms. The highest BCUT2D eigenvalue weighted by molar-refractivity contribution is 6.02. The molecule has 144 valence electrons. The molecule has 0 aliphatic carbocycles. The van der Waals surface area contributed by atoms with E-state index in [4.69, 9.17) is 4.74 Å². The fourth-order valence-corrected chi connectivity index (χ4v) is 3.16. The molecule has 0 bridgehead atoms. The molecule has 0 unspecified atom stereocenters. The Morgan fingerprint density at radius 3 is 2.54 bits per heavy atom. The quantitative estimate of drug-likeness (QED) is 0.475. The summed E-state index contributed by atoms with van der Waals surface area (Å²) in [5.41, 5.74) is 6.63. The van der Waals surface area contributed by atoms with Gasteiger partial charge >= 0.3 is 0 Å². The van der Waals surface area contributed by atoms with Crippen molar-refractivity contribution in [1.29, 1.82) is 0 Å². The maximum atomic E-state index is 12.2. The number of ether oxygens (including phenoxy) is 1. The molecule has 5 nitrogen and oxygen atoms in total. The van der Waals surface area contributed by atoms with E-state index in [1.165, 1.54) is 0 Å². The molecule has 1 amide bonds. The fourth-order valence-electron chi connectivity index (χ4n) is 3.16. The number of carbonyl (C=O) groups is 1. The number of benzene rings is 3. The van der Waals surface area contributed by atoms with Crippen molar-refractivity contribution < 1.29 is 9.53 Å². The first kappa shape index (κ1) is 19.4. The number of amides is 1. The second kappa shape index (κ2) is 9.04. The van der Waals surface area contributed by atoms with E-state index < -0.39 is 0 Å². The highest BCUT2D eigenvalue weighted by Crippen LogP contribution is 2.26. The molecule has 2 N–H and O–H groups in total. The van der Waals surface area contributed by atoms with Gasteiger partial charge in [0.15, 0.2) is 0 Å². The summed E-state index contributed by atoms with van der Waals surface area (Å²) in [4.78, 5) is 12.2. The Hall–Kier alpha value is -3.34. The molecule has 0 atom stereocenters. The Bertz CT molecular complexity index is 992. The van der Waals surface area contributed by atoms with Crippen LogP contribution >= 0.6 is 0 Å². The predicted molar refractivity (Wildman–Crippen MR) is 115 cm³/mol. The number of nitrogens with one attached hydrogen (secondary N) is 2. The summed E-state index contributed by atoms with van der Waals surface area (Å²) in [6, 6.07) is 18.0. The van der Waals surface area contributed by atoms with Gasteiger partial charge in [-0.15, -0.1) is 0 Å². The summed E-state index contributed by atoms with van der Waals surface area (Å²) in [6.07, 6.45) is 1.64. The molecule has 3 aromatic carbocycles. The van der Waals surface area contributed by atoms with Crippen LogP contribution in [0.3, 0.4) is 0 Å². The van der Waals surface area contributed by atoms with Gasteiger partial charge in [-0.2, -0.15) is 5.10 Å². The maximum Gasteiger partial charge on any atom is 0.259 e. The average Bonchev–Trinajstić information content (AvgIpc) is 2.69. The molecular formula is C23H25N3O2. The minimum atomic E-state index is -0.211. The molecule has 0 radical (unpaired) electrons. The number of hydrazone groups is 1. The van der Waals surface area contributed by atoms with Crippen molar-refractivity contribution in [3.63, 3.8) is 0 Å². The molecule has 0 fully saturated rings. The van der Waals surface area contributed by atoms with E-state index >= 15 is 0 Å². The topological polar surface area (TPSA) is 62.7 Å². The van der Waals surface area contributed by atoms with Crippen LogP contribution in [-0.4, -0.2) is 25.3 Å². The zero-order chi connectivity index (χ0) is 19.9. The summed E-state index contributed by atoms with van der Waals surface area (Å²) in [5.74, 6) is 0.532. The van der Waals surface area contributed by atoms with Crippen LogP contribution in [0.2, 0.25) is 0 Å². The minimum absolute atomic E-state index is 0.150. The van der Waals surface area contributed by atoms with Gasteiger partial charge in [0.05, 0.1) is 19.4 Å². The maximum absolute atomic E-state index is 12.2. The fraction of sp³-hybridized carbons (Fsp3) is 0.217. The molecule has 0 aromatic heterocycles. The molecular weight excluding hydrogens is 350 g/mol. The Kier molecular flexibility index (Phi) is 6.27. The van der Waals surface area contributed by atoms with Crippen molar-refractivity contribution >= 4 is 28.6 Å². The number of hydrogen-bond donors (Lipinski definition) is 2. The monoisotopic (exact) mass is 375 g/mol. The molecule has 3 rings (SSSR count). The standard InChI is InChI=1S/C23H25N3O2/c1-4-28-21-13-12-18-10-5-6-11-19(18)20(21)14-25-26-22(27)15-24-23-16(2)8-7-9-17(23)3/h5-14,24H,4,15H2,1-3H3,(H,26,27). The number of hydrogen-bond acceptors (Lipinski definition) is 4. The van der Waals surface area contributed by atoms with Crippen molar-refractivity contribution in [3.05, 3.63) is 71.3 Å². The molecule has 28 heavy (non-hydrogen) atoms. The number of nitrogens with zero attached hydrogens (tertiary/aromatic N) is 1. The molecule has 3 aromatic rings. The van der Waals surface area contributed by atoms with Crippen LogP contribution in [0, 0.1) is 13.8 Å². The van der Waals surface area contributed by atoms with Gasteiger partial charge in [-0.25, -0.2) is 5.43 Å². The van der Waals surface area contributed by atoms with Gasteiger partial charge in [0.2, 0.25) is 0 Å². The van der Waals surface area contributed by atoms with Crippen LogP contribution in [0.5, 0.6) is 5.75 Å². The van der Waals surface area contributed by atoms with Crippen LogP contribution in [0.1, 0.15) is 23.6 Å². The van der Waals surface area contributed by atoms with E-state index in [0.717, 1.165) is 38.9 Å². The summed E-state index contributed by atoms with van der Waals surface area (Å²) in [5, 5.41) is 9.45. The van der Waals surface area contributed by atoms with Gasteiger partial charge in [-0.3, -0.25) is 4.79 Å². The number of aryl methyl sites for hydroxylation is 2. The zero-order valence-electron chi connectivity index (χ0n) is 16.5. The Morgan fingerprint density at radius 1 is 1.04 bits per heavy atom. The van der Waals surface area contributed by atoms with E-state index in [1.54, 1.807) is 6.21 Å². The second-order valence-corrected chi connectivity index (χ2v) is 6.55. The number of fused-ring (bicyclic) bond motifs is 1. The Morgan fingerprint density at radius 2 is 1.79 bits per heavy atom.